The fraction of sp³-hybridized carbons (Fsp3) is 0.667. The first-order valence-electron chi connectivity index (χ1n) is 6.84. The standard InChI is InChI=1S/C15H21Cl2FO2/c1-5-7-10(18)11(6-2)20-14(19)13-9(8-12(16)17)15(13,3)4/h7-9,11,13H,5-6H2,1-4H3. The second-order valence-corrected chi connectivity index (χ2v) is 6.62. The minimum atomic E-state index is -0.796. The van der Waals surface area contributed by atoms with Gasteiger partial charge in [0, 0.05) is 0 Å². The largest absolute Gasteiger partial charge is 0.455 e. The van der Waals surface area contributed by atoms with Crippen molar-refractivity contribution < 1.29 is 13.9 Å². The van der Waals surface area contributed by atoms with Gasteiger partial charge in [0.15, 0.2) is 6.10 Å². The predicted octanol–water partition coefficient (Wildman–Crippen LogP) is 5.16. The molecule has 1 aliphatic rings. The fourth-order valence-electron chi connectivity index (χ4n) is 2.45. The topological polar surface area (TPSA) is 26.3 Å². The summed E-state index contributed by atoms with van der Waals surface area (Å²) in [5.74, 6) is -1.16. The molecule has 0 aliphatic heterocycles. The Kier molecular flexibility index (Phi) is 6.08. The van der Waals surface area contributed by atoms with Crippen LogP contribution < -0.4 is 0 Å². The Morgan fingerprint density at radius 2 is 2.00 bits per heavy atom. The number of allylic oxidation sites excluding steroid dienone is 2. The number of hydrogen-bond acceptors (Lipinski definition) is 2. The first kappa shape index (κ1) is 17.5. The maximum atomic E-state index is 13.7. The Labute approximate surface area is 130 Å². The van der Waals surface area contributed by atoms with Gasteiger partial charge in [-0.25, -0.2) is 4.39 Å². The van der Waals surface area contributed by atoms with Gasteiger partial charge < -0.3 is 4.74 Å². The van der Waals surface area contributed by atoms with Crippen molar-refractivity contribution in [2.24, 2.45) is 17.3 Å². The van der Waals surface area contributed by atoms with Gasteiger partial charge in [-0.3, -0.25) is 4.79 Å². The Hall–Kier alpha value is -0.540. The van der Waals surface area contributed by atoms with Crippen LogP contribution in [0.2, 0.25) is 0 Å². The minimum Gasteiger partial charge on any atom is -0.455 e. The summed E-state index contributed by atoms with van der Waals surface area (Å²) in [4.78, 5) is 12.2. The van der Waals surface area contributed by atoms with Gasteiger partial charge in [0.1, 0.15) is 10.3 Å². The highest BCUT2D eigenvalue weighted by Gasteiger charge is 2.61. The van der Waals surface area contributed by atoms with E-state index in [4.69, 9.17) is 27.9 Å². The van der Waals surface area contributed by atoms with E-state index >= 15 is 0 Å². The molecule has 1 fully saturated rings. The summed E-state index contributed by atoms with van der Waals surface area (Å²) in [5, 5.41) is 0. The molecule has 0 saturated heterocycles. The Morgan fingerprint density at radius 3 is 2.45 bits per heavy atom. The number of carbonyl (C=O) groups excluding carboxylic acids is 1. The molecule has 0 bridgehead atoms. The van der Waals surface area contributed by atoms with E-state index in [0.717, 1.165) is 0 Å². The van der Waals surface area contributed by atoms with Crippen LogP contribution in [0.15, 0.2) is 22.5 Å². The van der Waals surface area contributed by atoms with E-state index in [1.54, 1.807) is 13.0 Å². The smallest absolute Gasteiger partial charge is 0.310 e. The summed E-state index contributed by atoms with van der Waals surface area (Å²) >= 11 is 11.3. The molecular weight excluding hydrogens is 302 g/mol. The zero-order chi connectivity index (χ0) is 15.5. The SMILES string of the molecule is CCC=C(F)C(CC)OC(=O)C1C(C=C(Cl)Cl)C1(C)C. The molecular formula is C15H21Cl2FO2. The second kappa shape index (κ2) is 6.95. The molecule has 20 heavy (non-hydrogen) atoms. The van der Waals surface area contributed by atoms with Gasteiger partial charge in [-0.1, -0.05) is 50.9 Å². The summed E-state index contributed by atoms with van der Waals surface area (Å²) in [6.45, 7) is 7.50. The van der Waals surface area contributed by atoms with E-state index in [0.29, 0.717) is 12.8 Å². The quantitative estimate of drug-likeness (QED) is 0.631. The van der Waals surface area contributed by atoms with Crippen molar-refractivity contribution in [3.8, 4) is 0 Å². The molecule has 3 unspecified atom stereocenters. The Morgan fingerprint density at radius 1 is 1.40 bits per heavy atom. The van der Waals surface area contributed by atoms with Crippen molar-refractivity contribution in [1.29, 1.82) is 0 Å². The number of hydrogen-bond donors (Lipinski definition) is 0. The van der Waals surface area contributed by atoms with E-state index in [9.17, 15) is 9.18 Å². The lowest BCUT2D eigenvalue weighted by molar-refractivity contribution is -0.150. The van der Waals surface area contributed by atoms with Gasteiger partial charge in [0.25, 0.3) is 0 Å². The van der Waals surface area contributed by atoms with Gasteiger partial charge in [0.2, 0.25) is 0 Å². The molecule has 0 heterocycles. The lowest BCUT2D eigenvalue weighted by atomic mass is 10.1. The van der Waals surface area contributed by atoms with E-state index in [1.807, 2.05) is 20.8 Å². The summed E-state index contributed by atoms with van der Waals surface area (Å²) in [7, 11) is 0. The van der Waals surface area contributed by atoms with E-state index in [1.165, 1.54) is 6.08 Å². The number of halogens is 3. The number of esters is 1. The maximum Gasteiger partial charge on any atom is 0.310 e. The van der Waals surface area contributed by atoms with E-state index in [-0.39, 0.29) is 27.6 Å². The molecule has 0 aromatic carbocycles. The molecule has 0 N–H and O–H groups in total. The van der Waals surface area contributed by atoms with Crippen LogP contribution in [0.3, 0.4) is 0 Å². The molecule has 1 aliphatic carbocycles. The highest BCUT2D eigenvalue weighted by atomic mass is 35.5. The van der Waals surface area contributed by atoms with Crippen LogP contribution in [0, 0.1) is 17.3 Å². The van der Waals surface area contributed by atoms with Crippen LogP contribution in [0.25, 0.3) is 0 Å². The number of carbonyl (C=O) groups is 1. The van der Waals surface area contributed by atoms with Crippen LogP contribution in [0.4, 0.5) is 4.39 Å². The molecule has 3 atom stereocenters. The lowest BCUT2D eigenvalue weighted by Gasteiger charge is -2.15. The Bertz CT molecular complexity index is 426. The van der Waals surface area contributed by atoms with Crippen molar-refractivity contribution in [2.75, 3.05) is 0 Å². The molecule has 5 heteroatoms. The zero-order valence-electron chi connectivity index (χ0n) is 12.3. The fourth-order valence-corrected chi connectivity index (χ4v) is 2.72. The zero-order valence-corrected chi connectivity index (χ0v) is 13.8. The average molecular weight is 323 g/mol. The molecule has 0 amide bonds. The van der Waals surface area contributed by atoms with Crippen molar-refractivity contribution >= 4 is 29.2 Å². The van der Waals surface area contributed by atoms with E-state index in [2.05, 4.69) is 0 Å². The summed E-state index contributed by atoms with van der Waals surface area (Å²) in [6, 6.07) is 0. The molecule has 0 aromatic rings. The van der Waals surface area contributed by atoms with Crippen molar-refractivity contribution in [2.45, 2.75) is 46.6 Å². The monoisotopic (exact) mass is 322 g/mol. The van der Waals surface area contributed by atoms with Crippen LogP contribution in [0.1, 0.15) is 40.5 Å². The summed E-state index contributed by atoms with van der Waals surface area (Å²) < 4.78 is 19.2. The van der Waals surface area contributed by atoms with Gasteiger partial charge in [-0.15, -0.1) is 0 Å². The van der Waals surface area contributed by atoms with Crippen LogP contribution in [0.5, 0.6) is 0 Å². The highest BCUT2D eigenvalue weighted by molar-refractivity contribution is 6.55. The van der Waals surface area contributed by atoms with Gasteiger partial charge in [-0.2, -0.15) is 0 Å². The second-order valence-electron chi connectivity index (χ2n) is 5.61. The van der Waals surface area contributed by atoms with Crippen LogP contribution >= 0.6 is 23.2 Å². The molecule has 1 rings (SSSR count). The minimum absolute atomic E-state index is 0.0595. The Balaban J connectivity index is 2.72. The van der Waals surface area contributed by atoms with Gasteiger partial charge in [0.05, 0.1) is 5.92 Å². The molecule has 0 radical (unpaired) electrons. The van der Waals surface area contributed by atoms with Crippen LogP contribution in [-0.4, -0.2) is 12.1 Å². The number of ether oxygens (including phenoxy) is 1. The van der Waals surface area contributed by atoms with Crippen molar-refractivity contribution in [3.05, 3.63) is 22.5 Å². The van der Waals surface area contributed by atoms with Gasteiger partial charge >= 0.3 is 5.97 Å². The number of rotatable bonds is 6. The first-order valence-corrected chi connectivity index (χ1v) is 7.60. The summed E-state index contributed by atoms with van der Waals surface area (Å²) in [5.41, 5.74) is -0.255. The van der Waals surface area contributed by atoms with Gasteiger partial charge in [-0.05, 0) is 36.3 Å². The molecule has 0 aromatic heterocycles. The molecule has 2 nitrogen and oxygen atoms in total. The van der Waals surface area contributed by atoms with Crippen molar-refractivity contribution in [1.82, 2.24) is 0 Å². The van der Waals surface area contributed by atoms with Crippen LogP contribution in [-0.2, 0) is 9.53 Å². The summed E-state index contributed by atoms with van der Waals surface area (Å²) in [6.07, 6.45) is 3.27. The molecule has 114 valence electrons. The van der Waals surface area contributed by atoms with Crippen molar-refractivity contribution in [3.63, 3.8) is 0 Å². The predicted molar refractivity (Wildman–Crippen MR) is 80.2 cm³/mol. The highest BCUT2D eigenvalue weighted by Crippen LogP contribution is 2.60. The lowest BCUT2D eigenvalue weighted by Crippen LogP contribution is -2.21. The van der Waals surface area contributed by atoms with E-state index < -0.39 is 12.1 Å². The molecule has 1 saturated carbocycles. The third-order valence-electron chi connectivity index (χ3n) is 3.81. The average Bonchev–Trinajstić information content (AvgIpc) is 2.86. The third-order valence-corrected chi connectivity index (χ3v) is 4.06. The third kappa shape index (κ3) is 3.98. The maximum absolute atomic E-state index is 13.7. The molecule has 0 spiro atoms. The normalized spacial score (nSPS) is 25.9. The first-order chi connectivity index (χ1) is 9.25.